The molecular formula is C7H5FN4O2. The van der Waals surface area contributed by atoms with Gasteiger partial charge in [-0.15, -0.1) is 0 Å². The van der Waals surface area contributed by atoms with Crippen molar-refractivity contribution in [2.75, 3.05) is 0 Å². The number of carbonyl (C=O) groups is 1. The Kier molecular flexibility index (Phi) is 2.88. The van der Waals surface area contributed by atoms with Gasteiger partial charge in [-0.3, -0.25) is 0 Å². The number of amides is 1. The minimum atomic E-state index is -1.04. The maximum atomic E-state index is 13.0. The molecule has 0 aliphatic rings. The van der Waals surface area contributed by atoms with Gasteiger partial charge < -0.3 is 10.5 Å². The molecule has 1 amide bonds. The van der Waals surface area contributed by atoms with E-state index >= 15 is 0 Å². The zero-order chi connectivity index (χ0) is 10.6. The van der Waals surface area contributed by atoms with Crippen LogP contribution in [-0.2, 0) is 0 Å². The summed E-state index contributed by atoms with van der Waals surface area (Å²) in [4.78, 5) is 12.7. The molecule has 0 aliphatic carbocycles. The summed E-state index contributed by atoms with van der Waals surface area (Å²) >= 11 is 0. The van der Waals surface area contributed by atoms with Crippen LogP contribution in [0, 0.1) is 5.82 Å². The van der Waals surface area contributed by atoms with E-state index in [0.29, 0.717) is 0 Å². The average molecular weight is 196 g/mol. The maximum Gasteiger partial charge on any atom is 0.409 e. The lowest BCUT2D eigenvalue weighted by Crippen LogP contribution is -2.16. The lowest BCUT2D eigenvalue weighted by Gasteiger charge is -2.01. The molecule has 0 aliphatic heterocycles. The van der Waals surface area contributed by atoms with Crippen molar-refractivity contribution in [2.45, 2.75) is 0 Å². The van der Waals surface area contributed by atoms with E-state index in [1.54, 1.807) is 0 Å². The van der Waals surface area contributed by atoms with Crippen molar-refractivity contribution in [1.82, 2.24) is 0 Å². The monoisotopic (exact) mass is 196 g/mol. The second kappa shape index (κ2) is 4.11. The van der Waals surface area contributed by atoms with E-state index < -0.39 is 11.9 Å². The molecule has 0 radical (unpaired) electrons. The van der Waals surface area contributed by atoms with Crippen LogP contribution >= 0.6 is 0 Å². The summed E-state index contributed by atoms with van der Waals surface area (Å²) < 4.78 is 17.4. The number of nitrogens with zero attached hydrogens (tertiary/aromatic N) is 3. The molecule has 0 atom stereocenters. The first-order chi connectivity index (χ1) is 6.63. The lowest BCUT2D eigenvalue weighted by molar-refractivity contribution is 0.210. The summed E-state index contributed by atoms with van der Waals surface area (Å²) in [6.45, 7) is 0. The van der Waals surface area contributed by atoms with Crippen molar-refractivity contribution in [1.29, 1.82) is 0 Å². The third-order valence-electron chi connectivity index (χ3n) is 1.29. The van der Waals surface area contributed by atoms with Gasteiger partial charge in [-0.05, 0) is 17.7 Å². The lowest BCUT2D eigenvalue weighted by atomic mass is 10.3. The Morgan fingerprint density at radius 1 is 1.64 bits per heavy atom. The number of benzene rings is 1. The van der Waals surface area contributed by atoms with Crippen LogP contribution < -0.4 is 10.5 Å². The van der Waals surface area contributed by atoms with E-state index in [9.17, 15) is 9.18 Å². The van der Waals surface area contributed by atoms with Gasteiger partial charge >= 0.3 is 6.09 Å². The highest BCUT2D eigenvalue weighted by molar-refractivity contribution is 5.68. The Bertz CT molecular complexity index is 414. The molecule has 0 aromatic heterocycles. The molecule has 0 saturated carbocycles. The summed E-state index contributed by atoms with van der Waals surface area (Å²) in [7, 11) is 0. The number of ether oxygens (including phenoxy) is 1. The topological polar surface area (TPSA) is 101 Å². The van der Waals surface area contributed by atoms with Gasteiger partial charge in [-0.25, -0.2) is 9.18 Å². The molecule has 0 unspecified atom stereocenters. The van der Waals surface area contributed by atoms with E-state index in [2.05, 4.69) is 14.8 Å². The maximum absolute atomic E-state index is 13.0. The third-order valence-corrected chi connectivity index (χ3v) is 1.29. The Morgan fingerprint density at radius 3 is 2.86 bits per heavy atom. The molecule has 1 rings (SSSR count). The van der Waals surface area contributed by atoms with Gasteiger partial charge in [0.05, 0.1) is 5.69 Å². The van der Waals surface area contributed by atoms with Gasteiger partial charge in [0.1, 0.15) is 11.6 Å². The van der Waals surface area contributed by atoms with Crippen LogP contribution in [0.4, 0.5) is 14.9 Å². The van der Waals surface area contributed by atoms with E-state index in [1.807, 2.05) is 0 Å². The quantitative estimate of drug-likeness (QED) is 0.445. The molecule has 7 heteroatoms. The highest BCUT2D eigenvalue weighted by Gasteiger charge is 2.04. The number of halogens is 1. The number of rotatable bonds is 2. The van der Waals surface area contributed by atoms with Gasteiger partial charge in [0.15, 0.2) is 0 Å². The first-order valence-electron chi connectivity index (χ1n) is 3.45. The van der Waals surface area contributed by atoms with E-state index in [0.717, 1.165) is 6.07 Å². The Balaban J connectivity index is 2.99. The van der Waals surface area contributed by atoms with Crippen LogP contribution in [0.15, 0.2) is 23.3 Å². The molecule has 1 aromatic carbocycles. The molecule has 1 aromatic rings. The van der Waals surface area contributed by atoms with Gasteiger partial charge in [0.2, 0.25) is 0 Å². The van der Waals surface area contributed by atoms with Crippen molar-refractivity contribution in [3.05, 3.63) is 34.5 Å². The molecule has 0 spiro atoms. The van der Waals surface area contributed by atoms with Gasteiger partial charge in [0, 0.05) is 11.0 Å². The molecule has 14 heavy (non-hydrogen) atoms. The molecule has 2 N–H and O–H groups in total. The van der Waals surface area contributed by atoms with Crippen molar-refractivity contribution >= 4 is 11.8 Å². The highest BCUT2D eigenvalue weighted by atomic mass is 19.1. The van der Waals surface area contributed by atoms with Crippen molar-refractivity contribution in [3.8, 4) is 5.75 Å². The molecule has 0 bridgehead atoms. The minimum Gasteiger partial charge on any atom is -0.410 e. The van der Waals surface area contributed by atoms with E-state index in [1.165, 1.54) is 12.1 Å². The predicted molar refractivity (Wildman–Crippen MR) is 45.4 cm³/mol. The van der Waals surface area contributed by atoms with Gasteiger partial charge in [-0.2, -0.15) is 0 Å². The van der Waals surface area contributed by atoms with Gasteiger partial charge in [-0.1, -0.05) is 5.11 Å². The molecule has 6 nitrogen and oxygen atoms in total. The van der Waals surface area contributed by atoms with Crippen molar-refractivity contribution in [3.63, 3.8) is 0 Å². The Hall–Kier alpha value is -2.27. The van der Waals surface area contributed by atoms with Crippen molar-refractivity contribution in [2.24, 2.45) is 10.8 Å². The molecular weight excluding hydrogens is 191 g/mol. The normalized spacial score (nSPS) is 8.93. The number of carbonyl (C=O) groups excluding carboxylic acids is 1. The number of hydrogen-bond acceptors (Lipinski definition) is 3. The third kappa shape index (κ3) is 2.36. The molecule has 0 heterocycles. The number of azide groups is 1. The summed E-state index contributed by atoms with van der Waals surface area (Å²) in [5.74, 6) is -0.839. The largest absolute Gasteiger partial charge is 0.410 e. The highest BCUT2D eigenvalue weighted by Crippen LogP contribution is 2.22. The van der Waals surface area contributed by atoms with E-state index in [4.69, 9.17) is 11.3 Å². The van der Waals surface area contributed by atoms with E-state index in [-0.39, 0.29) is 11.4 Å². The van der Waals surface area contributed by atoms with Crippen LogP contribution in [0.2, 0.25) is 0 Å². The van der Waals surface area contributed by atoms with Crippen molar-refractivity contribution < 1.29 is 13.9 Å². The summed E-state index contributed by atoms with van der Waals surface area (Å²) in [6.07, 6.45) is -1.04. The second-order valence-corrected chi connectivity index (χ2v) is 2.22. The molecule has 0 fully saturated rings. The van der Waals surface area contributed by atoms with Crippen LogP contribution in [0.25, 0.3) is 10.4 Å². The summed E-state index contributed by atoms with van der Waals surface area (Å²) in [6, 6.07) is 3.33. The molecule has 0 saturated heterocycles. The first kappa shape index (κ1) is 9.82. The van der Waals surface area contributed by atoms with Crippen LogP contribution in [-0.4, -0.2) is 6.09 Å². The van der Waals surface area contributed by atoms with Gasteiger partial charge in [0.25, 0.3) is 0 Å². The average Bonchev–Trinajstić information content (AvgIpc) is 2.09. The number of hydrogen-bond donors (Lipinski definition) is 1. The number of nitrogens with two attached hydrogens (primary N) is 1. The summed E-state index contributed by atoms with van der Waals surface area (Å²) in [5.41, 5.74) is 12.6. The fourth-order valence-corrected chi connectivity index (χ4v) is 0.797. The predicted octanol–water partition coefficient (Wildman–Crippen LogP) is 2.22. The zero-order valence-corrected chi connectivity index (χ0v) is 6.85. The summed E-state index contributed by atoms with van der Waals surface area (Å²) in [5, 5.41) is 3.06. The first-order valence-corrected chi connectivity index (χ1v) is 3.45. The SMILES string of the molecule is [N-]=[N+]=Nc1ccc(OC(N)=O)cc1F. The van der Waals surface area contributed by atoms with Crippen LogP contribution in [0.5, 0.6) is 5.75 Å². The Labute approximate surface area is 77.7 Å². The molecule has 72 valence electrons. The fourth-order valence-electron chi connectivity index (χ4n) is 0.797. The standard InChI is InChI=1S/C7H5FN4O2/c8-5-3-4(14-7(9)13)1-2-6(5)11-12-10/h1-3H,(H2,9,13). The number of primary amides is 1. The zero-order valence-electron chi connectivity index (χ0n) is 6.85. The minimum absolute atomic E-state index is 0.0492. The fraction of sp³-hybridized carbons (Fsp3) is 0. The smallest absolute Gasteiger partial charge is 0.409 e. The second-order valence-electron chi connectivity index (χ2n) is 2.22. The Morgan fingerprint density at radius 2 is 2.36 bits per heavy atom. The van der Waals surface area contributed by atoms with Crippen LogP contribution in [0.3, 0.4) is 0 Å². The van der Waals surface area contributed by atoms with Crippen LogP contribution in [0.1, 0.15) is 0 Å².